The van der Waals surface area contributed by atoms with Gasteiger partial charge in [-0.3, -0.25) is 0 Å². The third-order valence-electron chi connectivity index (χ3n) is 2.35. The van der Waals surface area contributed by atoms with Crippen molar-refractivity contribution in [1.29, 1.82) is 0 Å². The minimum atomic E-state index is -0.380. The van der Waals surface area contributed by atoms with E-state index in [1.54, 1.807) is 12.1 Å². The van der Waals surface area contributed by atoms with Gasteiger partial charge in [-0.15, -0.1) is 0 Å². The van der Waals surface area contributed by atoms with Gasteiger partial charge in [0.25, 0.3) is 0 Å². The molecule has 0 aromatic heterocycles. The summed E-state index contributed by atoms with van der Waals surface area (Å²) in [4.78, 5) is 0. The fraction of sp³-hybridized carbons (Fsp3) is 0.500. The number of hydrogen-bond acceptors (Lipinski definition) is 3. The quantitative estimate of drug-likeness (QED) is 0.810. The number of hydrogen-bond donors (Lipinski definition) is 2. The van der Waals surface area contributed by atoms with E-state index in [0.717, 1.165) is 5.69 Å². The number of halogens is 1. The zero-order valence-corrected chi connectivity index (χ0v) is 9.88. The lowest BCUT2D eigenvalue weighted by Gasteiger charge is -2.22. The second kappa shape index (κ2) is 5.16. The molecular formula is C12H18FNO2. The Kier molecular flexibility index (Phi) is 4.12. The Morgan fingerprint density at radius 1 is 1.44 bits per heavy atom. The molecule has 0 aliphatic carbocycles. The van der Waals surface area contributed by atoms with Crippen LogP contribution >= 0.6 is 0 Å². The Labute approximate surface area is 95.2 Å². The molecule has 1 rings (SSSR count). The van der Waals surface area contributed by atoms with Crippen molar-refractivity contribution in [2.24, 2.45) is 5.41 Å². The molecule has 3 nitrogen and oxygen atoms in total. The SMILES string of the molecule is COc1cc(NCC(C)(C)CO)ccc1F. The van der Waals surface area contributed by atoms with Crippen LogP contribution in [0, 0.1) is 11.2 Å². The van der Waals surface area contributed by atoms with Gasteiger partial charge >= 0.3 is 0 Å². The molecule has 0 saturated carbocycles. The summed E-state index contributed by atoms with van der Waals surface area (Å²) in [6.07, 6.45) is 0. The van der Waals surface area contributed by atoms with Gasteiger partial charge in [-0.05, 0) is 12.1 Å². The Hall–Kier alpha value is -1.29. The summed E-state index contributed by atoms with van der Waals surface area (Å²) < 4.78 is 18.0. The number of ether oxygens (including phenoxy) is 1. The molecule has 4 heteroatoms. The van der Waals surface area contributed by atoms with Gasteiger partial charge < -0.3 is 15.2 Å². The third-order valence-corrected chi connectivity index (χ3v) is 2.35. The Balaban J connectivity index is 2.68. The van der Waals surface area contributed by atoms with Crippen molar-refractivity contribution < 1.29 is 14.2 Å². The van der Waals surface area contributed by atoms with Gasteiger partial charge in [0.15, 0.2) is 11.6 Å². The highest BCUT2D eigenvalue weighted by Gasteiger charge is 2.16. The third kappa shape index (κ3) is 3.38. The lowest BCUT2D eigenvalue weighted by atomic mass is 9.95. The van der Waals surface area contributed by atoms with E-state index >= 15 is 0 Å². The van der Waals surface area contributed by atoms with Gasteiger partial charge in [-0.25, -0.2) is 4.39 Å². The van der Waals surface area contributed by atoms with E-state index in [4.69, 9.17) is 9.84 Å². The largest absolute Gasteiger partial charge is 0.494 e. The van der Waals surface area contributed by atoms with Crippen molar-refractivity contribution in [1.82, 2.24) is 0 Å². The molecule has 0 radical (unpaired) electrons. The number of aliphatic hydroxyl groups excluding tert-OH is 1. The van der Waals surface area contributed by atoms with E-state index in [1.165, 1.54) is 13.2 Å². The van der Waals surface area contributed by atoms with Gasteiger partial charge in [0.2, 0.25) is 0 Å². The van der Waals surface area contributed by atoms with Crippen LogP contribution in [0.15, 0.2) is 18.2 Å². The van der Waals surface area contributed by atoms with Crippen LogP contribution < -0.4 is 10.1 Å². The zero-order chi connectivity index (χ0) is 12.2. The smallest absolute Gasteiger partial charge is 0.165 e. The normalized spacial score (nSPS) is 11.3. The van der Waals surface area contributed by atoms with Gasteiger partial charge in [0.05, 0.1) is 7.11 Å². The highest BCUT2D eigenvalue weighted by atomic mass is 19.1. The molecular weight excluding hydrogens is 209 g/mol. The molecule has 0 aliphatic heterocycles. The molecule has 90 valence electrons. The number of nitrogens with one attached hydrogen (secondary N) is 1. The minimum absolute atomic E-state index is 0.0956. The van der Waals surface area contributed by atoms with Crippen LogP contribution in [0.1, 0.15) is 13.8 Å². The monoisotopic (exact) mass is 227 g/mol. The topological polar surface area (TPSA) is 41.5 Å². The molecule has 0 amide bonds. The Morgan fingerprint density at radius 3 is 2.69 bits per heavy atom. The number of benzene rings is 1. The minimum Gasteiger partial charge on any atom is -0.494 e. The first-order valence-electron chi connectivity index (χ1n) is 5.17. The summed E-state index contributed by atoms with van der Waals surface area (Å²) in [6.45, 7) is 4.60. The molecule has 0 spiro atoms. The number of aliphatic hydroxyl groups is 1. The molecule has 2 N–H and O–H groups in total. The molecule has 1 aromatic rings. The van der Waals surface area contributed by atoms with Gasteiger partial charge in [-0.1, -0.05) is 13.8 Å². The number of rotatable bonds is 5. The number of methoxy groups -OCH3 is 1. The van der Waals surface area contributed by atoms with Crippen LogP contribution in [-0.4, -0.2) is 25.4 Å². The van der Waals surface area contributed by atoms with Crippen molar-refractivity contribution in [3.05, 3.63) is 24.0 Å². The van der Waals surface area contributed by atoms with Crippen LogP contribution in [0.5, 0.6) is 5.75 Å². The first-order chi connectivity index (χ1) is 7.48. The highest BCUT2D eigenvalue weighted by Crippen LogP contribution is 2.23. The summed E-state index contributed by atoms with van der Waals surface area (Å²) in [7, 11) is 1.43. The lowest BCUT2D eigenvalue weighted by Crippen LogP contribution is -2.26. The summed E-state index contributed by atoms with van der Waals surface area (Å²) in [5.74, 6) is -0.165. The summed E-state index contributed by atoms with van der Waals surface area (Å²) in [6, 6.07) is 4.60. The average molecular weight is 227 g/mol. The van der Waals surface area contributed by atoms with Gasteiger partial charge in [0, 0.05) is 30.3 Å². The highest BCUT2D eigenvalue weighted by molar-refractivity contribution is 5.48. The molecule has 16 heavy (non-hydrogen) atoms. The predicted molar refractivity (Wildman–Crippen MR) is 62.3 cm³/mol. The standard InChI is InChI=1S/C12H18FNO2/c1-12(2,8-15)7-14-9-4-5-10(13)11(6-9)16-3/h4-6,14-15H,7-8H2,1-3H3. The van der Waals surface area contributed by atoms with E-state index in [1.807, 2.05) is 13.8 Å². The first kappa shape index (κ1) is 12.8. The zero-order valence-electron chi connectivity index (χ0n) is 9.88. The second-order valence-corrected chi connectivity index (χ2v) is 4.53. The fourth-order valence-corrected chi connectivity index (χ4v) is 1.17. The Morgan fingerprint density at radius 2 is 2.12 bits per heavy atom. The molecule has 0 saturated heterocycles. The van der Waals surface area contributed by atoms with Crippen LogP contribution in [0.25, 0.3) is 0 Å². The summed E-state index contributed by atoms with van der Waals surface area (Å²) >= 11 is 0. The molecule has 0 heterocycles. The maximum atomic E-state index is 13.1. The number of anilines is 1. The van der Waals surface area contributed by atoms with Gasteiger partial charge in [-0.2, -0.15) is 0 Å². The van der Waals surface area contributed by atoms with E-state index in [9.17, 15) is 4.39 Å². The van der Waals surface area contributed by atoms with Crippen molar-refractivity contribution in [2.45, 2.75) is 13.8 Å². The van der Waals surface area contributed by atoms with E-state index < -0.39 is 0 Å². The maximum Gasteiger partial charge on any atom is 0.165 e. The van der Waals surface area contributed by atoms with Crippen molar-refractivity contribution >= 4 is 5.69 Å². The average Bonchev–Trinajstić information content (AvgIpc) is 2.28. The molecule has 0 fully saturated rings. The van der Waals surface area contributed by atoms with E-state index in [0.29, 0.717) is 6.54 Å². The van der Waals surface area contributed by atoms with Crippen LogP contribution in [0.3, 0.4) is 0 Å². The van der Waals surface area contributed by atoms with Crippen LogP contribution in [0.2, 0.25) is 0 Å². The van der Waals surface area contributed by atoms with E-state index in [-0.39, 0.29) is 23.6 Å². The first-order valence-corrected chi connectivity index (χ1v) is 5.17. The van der Waals surface area contributed by atoms with Crippen molar-refractivity contribution in [3.8, 4) is 5.75 Å². The molecule has 0 unspecified atom stereocenters. The second-order valence-electron chi connectivity index (χ2n) is 4.53. The van der Waals surface area contributed by atoms with Crippen molar-refractivity contribution in [2.75, 3.05) is 25.6 Å². The van der Waals surface area contributed by atoms with Crippen LogP contribution in [0.4, 0.5) is 10.1 Å². The molecule has 0 bridgehead atoms. The molecule has 0 aliphatic rings. The lowest BCUT2D eigenvalue weighted by molar-refractivity contribution is 0.171. The summed E-state index contributed by atoms with van der Waals surface area (Å²) in [5, 5.41) is 12.2. The Bertz CT molecular complexity index is 353. The van der Waals surface area contributed by atoms with E-state index in [2.05, 4.69) is 5.32 Å². The fourth-order valence-electron chi connectivity index (χ4n) is 1.17. The molecule has 0 atom stereocenters. The predicted octanol–water partition coefficient (Wildman–Crippen LogP) is 2.26. The van der Waals surface area contributed by atoms with Gasteiger partial charge in [0.1, 0.15) is 0 Å². The maximum absolute atomic E-state index is 13.1. The van der Waals surface area contributed by atoms with Crippen molar-refractivity contribution in [3.63, 3.8) is 0 Å². The van der Waals surface area contributed by atoms with Crippen LogP contribution in [-0.2, 0) is 0 Å². The molecule has 1 aromatic carbocycles. The summed E-state index contributed by atoms with van der Waals surface area (Å²) in [5.41, 5.74) is 0.571.